The molecule has 198 valence electrons. The number of amides is 3. The van der Waals surface area contributed by atoms with Crippen LogP contribution in [0.4, 0.5) is 10.5 Å². The fourth-order valence-corrected chi connectivity index (χ4v) is 4.84. The fourth-order valence-electron chi connectivity index (χ4n) is 4.84. The first kappa shape index (κ1) is 26.9. The zero-order valence-electron chi connectivity index (χ0n) is 21.7. The van der Waals surface area contributed by atoms with Crippen LogP contribution in [0.25, 0.3) is 11.1 Å². The lowest BCUT2D eigenvalue weighted by Gasteiger charge is -2.36. The highest BCUT2D eigenvalue weighted by molar-refractivity contribution is 5.94. The number of aliphatic carboxylic acids is 1. The molecule has 3 N–H and O–H groups in total. The molecule has 1 fully saturated rings. The maximum Gasteiger partial charge on any atom is 0.322 e. The van der Waals surface area contributed by atoms with Gasteiger partial charge in [-0.2, -0.15) is 0 Å². The number of carboxylic acids is 1. The van der Waals surface area contributed by atoms with Gasteiger partial charge >= 0.3 is 12.0 Å². The zero-order valence-corrected chi connectivity index (χ0v) is 21.7. The van der Waals surface area contributed by atoms with Crippen LogP contribution in [0.15, 0.2) is 78.9 Å². The Morgan fingerprint density at radius 2 is 1.47 bits per heavy atom. The lowest BCUT2D eigenvalue weighted by Crippen LogP contribution is -2.44. The van der Waals surface area contributed by atoms with Crippen LogP contribution in [0.2, 0.25) is 0 Å². The molecule has 3 aromatic rings. The topological polar surface area (TPSA) is 98.7 Å². The highest BCUT2D eigenvalue weighted by Crippen LogP contribution is 2.29. The second-order valence-corrected chi connectivity index (χ2v) is 10.0. The summed E-state index contributed by atoms with van der Waals surface area (Å²) in [6.45, 7) is 2.78. The minimum Gasteiger partial charge on any atom is -0.481 e. The quantitative estimate of drug-likeness (QED) is 0.319. The van der Waals surface area contributed by atoms with Gasteiger partial charge in [-0.25, -0.2) is 4.79 Å². The number of rotatable bonds is 9. The predicted molar refractivity (Wildman–Crippen MR) is 149 cm³/mol. The molecule has 38 heavy (non-hydrogen) atoms. The molecular formula is C31H35N3O4. The molecule has 3 amide bonds. The Balaban J connectivity index is 1.43. The molecule has 7 nitrogen and oxygen atoms in total. The highest BCUT2D eigenvalue weighted by atomic mass is 16.4. The van der Waals surface area contributed by atoms with Crippen molar-refractivity contribution in [1.82, 2.24) is 10.2 Å². The van der Waals surface area contributed by atoms with E-state index in [-0.39, 0.29) is 30.9 Å². The number of carbonyl (C=O) groups excluding carboxylic acids is 2. The van der Waals surface area contributed by atoms with E-state index in [2.05, 4.69) is 29.7 Å². The summed E-state index contributed by atoms with van der Waals surface area (Å²) in [7, 11) is 0. The molecule has 0 saturated heterocycles. The van der Waals surface area contributed by atoms with Crippen molar-refractivity contribution in [2.24, 2.45) is 5.92 Å². The molecule has 0 radical (unpaired) electrons. The van der Waals surface area contributed by atoms with Crippen molar-refractivity contribution in [1.29, 1.82) is 0 Å². The monoisotopic (exact) mass is 513 g/mol. The van der Waals surface area contributed by atoms with Crippen molar-refractivity contribution in [3.63, 3.8) is 0 Å². The van der Waals surface area contributed by atoms with E-state index in [0.717, 1.165) is 48.1 Å². The van der Waals surface area contributed by atoms with Gasteiger partial charge in [0, 0.05) is 30.4 Å². The van der Waals surface area contributed by atoms with Crippen LogP contribution in [0.3, 0.4) is 0 Å². The summed E-state index contributed by atoms with van der Waals surface area (Å²) in [5.41, 5.74) is 4.36. The largest absolute Gasteiger partial charge is 0.481 e. The normalized spacial score (nSPS) is 16.9. The smallest absolute Gasteiger partial charge is 0.322 e. The lowest BCUT2D eigenvalue weighted by molar-refractivity contribution is -0.136. The Hall–Kier alpha value is -4.13. The average Bonchev–Trinajstić information content (AvgIpc) is 2.93. The molecule has 4 rings (SSSR count). The van der Waals surface area contributed by atoms with E-state index in [4.69, 9.17) is 5.11 Å². The summed E-state index contributed by atoms with van der Waals surface area (Å²) in [4.78, 5) is 38.4. The number of nitrogens with zero attached hydrogens (tertiary/aromatic N) is 1. The molecule has 1 saturated carbocycles. The van der Waals surface area contributed by atoms with Gasteiger partial charge in [0.25, 0.3) is 5.91 Å². The third-order valence-corrected chi connectivity index (χ3v) is 7.12. The molecule has 0 atom stereocenters. The van der Waals surface area contributed by atoms with Gasteiger partial charge in [0.2, 0.25) is 0 Å². The molecule has 3 aromatic carbocycles. The van der Waals surface area contributed by atoms with Crippen LogP contribution < -0.4 is 10.6 Å². The van der Waals surface area contributed by atoms with E-state index in [0.29, 0.717) is 18.0 Å². The van der Waals surface area contributed by atoms with E-state index < -0.39 is 5.97 Å². The van der Waals surface area contributed by atoms with Crippen molar-refractivity contribution in [3.8, 4) is 11.1 Å². The average molecular weight is 514 g/mol. The van der Waals surface area contributed by atoms with E-state index in [1.165, 1.54) is 0 Å². The van der Waals surface area contributed by atoms with Crippen LogP contribution in [0, 0.1) is 5.92 Å². The number of hydrogen-bond donors (Lipinski definition) is 3. The van der Waals surface area contributed by atoms with E-state index in [1.54, 1.807) is 12.1 Å². The van der Waals surface area contributed by atoms with Crippen LogP contribution in [-0.4, -0.2) is 40.5 Å². The molecule has 0 unspecified atom stereocenters. The Morgan fingerprint density at radius 1 is 0.842 bits per heavy atom. The highest BCUT2D eigenvalue weighted by Gasteiger charge is 2.28. The first-order valence-corrected chi connectivity index (χ1v) is 13.2. The Morgan fingerprint density at radius 3 is 2.11 bits per heavy atom. The van der Waals surface area contributed by atoms with Gasteiger partial charge in [-0.1, -0.05) is 61.5 Å². The van der Waals surface area contributed by atoms with Gasteiger partial charge in [-0.05, 0) is 72.6 Å². The number of nitrogens with one attached hydrogen (secondary N) is 2. The summed E-state index contributed by atoms with van der Waals surface area (Å²) in [5, 5.41) is 14.4. The Kier molecular flexibility index (Phi) is 9.14. The van der Waals surface area contributed by atoms with Crippen molar-refractivity contribution in [2.45, 2.75) is 51.6 Å². The predicted octanol–water partition coefficient (Wildman–Crippen LogP) is 6.17. The molecule has 1 aliphatic rings. The van der Waals surface area contributed by atoms with Gasteiger partial charge in [-0.3, -0.25) is 9.59 Å². The second-order valence-electron chi connectivity index (χ2n) is 10.0. The number of carboxylic acid groups (broad SMARTS) is 1. The summed E-state index contributed by atoms with van der Waals surface area (Å²) in [6, 6.07) is 25.2. The van der Waals surface area contributed by atoms with Crippen LogP contribution in [-0.2, 0) is 11.3 Å². The van der Waals surface area contributed by atoms with Gasteiger partial charge in [0.1, 0.15) is 0 Å². The number of hydrogen-bond acceptors (Lipinski definition) is 3. The number of anilines is 1. The first-order chi connectivity index (χ1) is 18.4. The SMILES string of the molecule is CC1CCC(N(Cc2ccc(C(=O)NCCC(=O)O)cc2)C(=O)Nc2ccc(-c3ccccc3)cc2)CC1. The second kappa shape index (κ2) is 12.9. The summed E-state index contributed by atoms with van der Waals surface area (Å²) < 4.78 is 0. The van der Waals surface area contributed by atoms with Gasteiger partial charge in [0.05, 0.1) is 6.42 Å². The van der Waals surface area contributed by atoms with Crippen molar-refractivity contribution in [2.75, 3.05) is 11.9 Å². The number of urea groups is 1. The fraction of sp³-hybridized carbons (Fsp3) is 0.323. The first-order valence-electron chi connectivity index (χ1n) is 13.2. The molecule has 0 aliphatic heterocycles. The number of benzene rings is 3. The molecule has 1 aliphatic carbocycles. The third-order valence-electron chi connectivity index (χ3n) is 7.12. The van der Waals surface area contributed by atoms with E-state index >= 15 is 0 Å². The minimum atomic E-state index is -0.955. The third kappa shape index (κ3) is 7.44. The lowest BCUT2D eigenvalue weighted by atomic mass is 9.86. The molecule has 0 heterocycles. The Bertz CT molecular complexity index is 1220. The van der Waals surface area contributed by atoms with Crippen molar-refractivity contribution < 1.29 is 19.5 Å². The van der Waals surface area contributed by atoms with Crippen molar-refractivity contribution in [3.05, 3.63) is 90.0 Å². The minimum absolute atomic E-state index is 0.0797. The maximum atomic E-state index is 13.5. The zero-order chi connectivity index (χ0) is 26.9. The van der Waals surface area contributed by atoms with E-state index in [9.17, 15) is 14.4 Å². The summed E-state index contributed by atoms with van der Waals surface area (Å²) in [5.74, 6) is -0.600. The van der Waals surface area contributed by atoms with E-state index in [1.807, 2.05) is 59.5 Å². The van der Waals surface area contributed by atoms with Crippen molar-refractivity contribution >= 4 is 23.6 Å². The maximum absolute atomic E-state index is 13.5. The molecule has 0 spiro atoms. The number of carbonyl (C=O) groups is 3. The summed E-state index contributed by atoms with van der Waals surface area (Å²) in [6.07, 6.45) is 3.99. The van der Waals surface area contributed by atoms with Gasteiger partial charge < -0.3 is 20.6 Å². The molecular weight excluding hydrogens is 478 g/mol. The molecule has 0 aromatic heterocycles. The van der Waals surface area contributed by atoms with Gasteiger partial charge in [-0.15, -0.1) is 0 Å². The van der Waals surface area contributed by atoms with Crippen LogP contribution in [0.1, 0.15) is 54.9 Å². The Labute approximate surface area is 223 Å². The molecule has 7 heteroatoms. The standard InChI is InChI=1S/C31H35N3O4/c1-22-7-17-28(18-8-22)34(21-23-9-11-26(12-10-23)30(37)32-20-19-29(35)36)31(38)33-27-15-13-25(14-16-27)24-5-3-2-4-6-24/h2-6,9-16,22,28H,7-8,17-21H2,1H3,(H,32,37)(H,33,38)(H,35,36). The van der Waals surface area contributed by atoms with Gasteiger partial charge in [0.15, 0.2) is 0 Å². The van der Waals surface area contributed by atoms with Crippen LogP contribution >= 0.6 is 0 Å². The summed E-state index contributed by atoms with van der Waals surface area (Å²) >= 11 is 0. The molecule has 0 bridgehead atoms. The van der Waals surface area contributed by atoms with Crippen LogP contribution in [0.5, 0.6) is 0 Å².